The van der Waals surface area contributed by atoms with Crippen molar-refractivity contribution in [1.29, 1.82) is 0 Å². The third-order valence-electron chi connectivity index (χ3n) is 2.14. The number of alkyl halides is 6. The van der Waals surface area contributed by atoms with Crippen molar-refractivity contribution in [3.05, 3.63) is 11.9 Å². The van der Waals surface area contributed by atoms with Gasteiger partial charge in [0.05, 0.1) is 0 Å². The Morgan fingerprint density at radius 1 is 1.24 bits per heavy atom. The van der Waals surface area contributed by atoms with E-state index in [0.717, 1.165) is 0 Å². The predicted octanol–water partition coefficient (Wildman–Crippen LogP) is 3.10. The minimum Gasteiger partial charge on any atom is -0.476 e. The van der Waals surface area contributed by atoms with Gasteiger partial charge in [-0.15, -0.1) is 0 Å². The van der Waals surface area contributed by atoms with E-state index in [1.807, 2.05) is 0 Å². The number of aliphatic carboxylic acids is 1. The second-order valence-corrected chi connectivity index (χ2v) is 3.38. The summed E-state index contributed by atoms with van der Waals surface area (Å²) in [7, 11) is 0. The van der Waals surface area contributed by atoms with E-state index in [2.05, 4.69) is 0 Å². The first kappa shape index (κ1) is 15.7. The molecular formula is C8H7F7O2. The first-order valence-electron chi connectivity index (χ1n) is 4.01. The molecule has 0 bridgehead atoms. The van der Waals surface area contributed by atoms with Crippen molar-refractivity contribution >= 4 is 5.97 Å². The third kappa shape index (κ3) is 2.89. The lowest BCUT2D eigenvalue weighted by atomic mass is 9.83. The molecule has 0 aliphatic heterocycles. The van der Waals surface area contributed by atoms with Gasteiger partial charge < -0.3 is 5.11 Å². The molecule has 1 atom stereocenters. The fraction of sp³-hybridized carbons (Fsp3) is 0.625. The number of hydrogen-bond acceptors (Lipinski definition) is 1. The van der Waals surface area contributed by atoms with E-state index in [9.17, 15) is 35.5 Å². The lowest BCUT2D eigenvalue weighted by molar-refractivity contribution is -0.283. The first-order valence-corrected chi connectivity index (χ1v) is 4.01. The van der Waals surface area contributed by atoms with Gasteiger partial charge in [-0.2, -0.15) is 17.6 Å². The summed E-state index contributed by atoms with van der Waals surface area (Å²) in [6.07, 6.45) is -6.72. The van der Waals surface area contributed by atoms with Crippen LogP contribution in [0.2, 0.25) is 0 Å². The Morgan fingerprint density at radius 3 is 1.88 bits per heavy atom. The Hall–Kier alpha value is -1.28. The average Bonchev–Trinajstić information content (AvgIpc) is 2.13. The van der Waals surface area contributed by atoms with Crippen LogP contribution in [0.5, 0.6) is 0 Å². The van der Waals surface area contributed by atoms with Crippen LogP contribution in [-0.4, -0.2) is 29.8 Å². The molecule has 0 aliphatic rings. The molecule has 0 fully saturated rings. The molecule has 17 heavy (non-hydrogen) atoms. The zero-order chi connectivity index (χ0) is 14.1. The number of carbonyl (C=O) groups is 1. The lowest BCUT2D eigenvalue weighted by Crippen LogP contribution is -2.51. The first-order chi connectivity index (χ1) is 7.39. The second kappa shape index (κ2) is 4.53. The van der Waals surface area contributed by atoms with Crippen molar-refractivity contribution in [3.8, 4) is 0 Å². The molecule has 2 nitrogen and oxygen atoms in total. The SMILES string of the molecule is CC(CF)(C(F)(F)F)C(F)(F)C=C(F)C(=O)O. The molecule has 0 spiro atoms. The maximum atomic E-state index is 13.0. The fourth-order valence-electron chi connectivity index (χ4n) is 0.734. The van der Waals surface area contributed by atoms with Gasteiger partial charge in [0.2, 0.25) is 5.83 Å². The maximum Gasteiger partial charge on any atom is 0.402 e. The van der Waals surface area contributed by atoms with E-state index >= 15 is 0 Å². The number of hydrogen-bond donors (Lipinski definition) is 1. The standard InChI is InChI=1S/C8H7F7O2/c1-6(3-9,8(13,14)15)7(11,12)2-4(10)5(16)17/h2H,3H2,1H3,(H,16,17). The van der Waals surface area contributed by atoms with E-state index in [0.29, 0.717) is 0 Å². The third-order valence-corrected chi connectivity index (χ3v) is 2.14. The Kier molecular flexibility index (Phi) is 4.19. The van der Waals surface area contributed by atoms with Gasteiger partial charge in [0.1, 0.15) is 6.67 Å². The molecule has 0 radical (unpaired) electrons. The van der Waals surface area contributed by atoms with Crippen molar-refractivity contribution in [2.75, 3.05) is 6.67 Å². The zero-order valence-electron chi connectivity index (χ0n) is 8.29. The Bertz CT molecular complexity index is 333. The van der Waals surface area contributed by atoms with Crippen molar-refractivity contribution in [2.24, 2.45) is 5.41 Å². The summed E-state index contributed by atoms with van der Waals surface area (Å²) in [4.78, 5) is 9.89. The molecule has 0 saturated carbocycles. The fourth-order valence-corrected chi connectivity index (χ4v) is 0.734. The number of carboxylic acid groups (broad SMARTS) is 1. The largest absolute Gasteiger partial charge is 0.476 e. The molecule has 0 rings (SSSR count). The van der Waals surface area contributed by atoms with Gasteiger partial charge >= 0.3 is 12.1 Å². The van der Waals surface area contributed by atoms with Crippen LogP contribution in [0.15, 0.2) is 11.9 Å². The lowest BCUT2D eigenvalue weighted by Gasteiger charge is -2.34. The van der Waals surface area contributed by atoms with Gasteiger partial charge in [0, 0.05) is 6.08 Å². The zero-order valence-corrected chi connectivity index (χ0v) is 8.29. The summed E-state index contributed by atoms with van der Waals surface area (Å²) < 4.78 is 87.3. The molecular weight excluding hydrogens is 261 g/mol. The van der Waals surface area contributed by atoms with E-state index in [-0.39, 0.29) is 6.92 Å². The van der Waals surface area contributed by atoms with Crippen LogP contribution in [0, 0.1) is 5.41 Å². The molecule has 100 valence electrons. The van der Waals surface area contributed by atoms with Crippen LogP contribution >= 0.6 is 0 Å². The molecule has 0 saturated heterocycles. The van der Waals surface area contributed by atoms with E-state index in [4.69, 9.17) is 5.11 Å². The minimum atomic E-state index is -5.67. The van der Waals surface area contributed by atoms with Crippen molar-refractivity contribution in [2.45, 2.75) is 19.0 Å². The van der Waals surface area contributed by atoms with Crippen LogP contribution in [0.25, 0.3) is 0 Å². The number of rotatable bonds is 4. The summed E-state index contributed by atoms with van der Waals surface area (Å²) >= 11 is 0. The van der Waals surface area contributed by atoms with Crippen LogP contribution in [0.4, 0.5) is 30.7 Å². The minimum absolute atomic E-state index is 0.168. The normalized spacial score (nSPS) is 17.8. The smallest absolute Gasteiger partial charge is 0.402 e. The molecule has 0 aromatic heterocycles. The Balaban J connectivity index is 5.57. The second-order valence-electron chi connectivity index (χ2n) is 3.38. The van der Waals surface area contributed by atoms with Gasteiger partial charge in [-0.25, -0.2) is 18.0 Å². The monoisotopic (exact) mass is 268 g/mol. The Labute approximate surface area is 90.7 Å². The molecule has 0 aromatic rings. The van der Waals surface area contributed by atoms with Crippen LogP contribution in [0.1, 0.15) is 6.92 Å². The molecule has 0 aliphatic carbocycles. The number of halogens is 7. The predicted molar refractivity (Wildman–Crippen MR) is 41.9 cm³/mol. The van der Waals surface area contributed by atoms with Crippen LogP contribution in [-0.2, 0) is 4.79 Å². The highest BCUT2D eigenvalue weighted by Crippen LogP contribution is 2.50. The maximum absolute atomic E-state index is 13.0. The topological polar surface area (TPSA) is 37.3 Å². The Morgan fingerprint density at radius 2 is 1.65 bits per heavy atom. The molecule has 0 heterocycles. The molecule has 0 amide bonds. The average molecular weight is 268 g/mol. The summed E-state index contributed by atoms with van der Waals surface area (Å²) in [5.74, 6) is -9.98. The van der Waals surface area contributed by atoms with Crippen LogP contribution in [0.3, 0.4) is 0 Å². The van der Waals surface area contributed by atoms with Crippen molar-refractivity contribution in [3.63, 3.8) is 0 Å². The van der Waals surface area contributed by atoms with Crippen molar-refractivity contribution in [1.82, 2.24) is 0 Å². The van der Waals surface area contributed by atoms with E-state index in [1.165, 1.54) is 0 Å². The highest BCUT2D eigenvalue weighted by Gasteiger charge is 2.66. The van der Waals surface area contributed by atoms with E-state index < -0.39 is 42.1 Å². The quantitative estimate of drug-likeness (QED) is 0.628. The van der Waals surface area contributed by atoms with Gasteiger partial charge in [0.25, 0.3) is 5.92 Å². The highest BCUT2D eigenvalue weighted by molar-refractivity contribution is 5.84. The highest BCUT2D eigenvalue weighted by atomic mass is 19.4. The molecule has 1 unspecified atom stereocenters. The molecule has 0 aromatic carbocycles. The van der Waals surface area contributed by atoms with Gasteiger partial charge in [-0.3, -0.25) is 0 Å². The molecule has 1 N–H and O–H groups in total. The molecule has 9 heteroatoms. The van der Waals surface area contributed by atoms with Gasteiger partial charge in [0.15, 0.2) is 5.41 Å². The van der Waals surface area contributed by atoms with Crippen LogP contribution < -0.4 is 0 Å². The van der Waals surface area contributed by atoms with Crippen molar-refractivity contribution < 1.29 is 40.6 Å². The summed E-state index contributed by atoms with van der Waals surface area (Å²) in [6.45, 7) is -2.69. The summed E-state index contributed by atoms with van der Waals surface area (Å²) in [6, 6.07) is 0. The van der Waals surface area contributed by atoms with Gasteiger partial charge in [-0.1, -0.05) is 0 Å². The summed E-state index contributed by atoms with van der Waals surface area (Å²) in [5.41, 5.74) is -4.19. The number of carboxylic acids is 1. The number of allylic oxidation sites excluding steroid dienone is 1. The van der Waals surface area contributed by atoms with Gasteiger partial charge in [-0.05, 0) is 6.92 Å². The van der Waals surface area contributed by atoms with E-state index in [1.54, 1.807) is 0 Å². The summed E-state index contributed by atoms with van der Waals surface area (Å²) in [5, 5.41) is 7.93.